The van der Waals surface area contributed by atoms with Gasteiger partial charge in [0.25, 0.3) is 0 Å². The summed E-state index contributed by atoms with van der Waals surface area (Å²) in [7, 11) is -3.71. The van der Waals surface area contributed by atoms with Gasteiger partial charge in [0.2, 0.25) is 10.0 Å². The molecule has 0 spiro atoms. The van der Waals surface area contributed by atoms with Crippen molar-refractivity contribution in [2.24, 2.45) is 5.73 Å². The highest BCUT2D eigenvalue weighted by atomic mass is 35.5. The molecule has 3 rings (SSSR count). The Morgan fingerprint density at radius 1 is 0.778 bits per heavy atom. The summed E-state index contributed by atoms with van der Waals surface area (Å²) < 4.78 is 28.6. The molecule has 0 saturated heterocycles. The molecule has 0 amide bonds. The van der Waals surface area contributed by atoms with Crippen molar-refractivity contribution in [1.29, 1.82) is 0 Å². The van der Waals surface area contributed by atoms with Crippen LogP contribution < -0.4 is 10.5 Å². The molecule has 3 aromatic rings. The lowest BCUT2D eigenvalue weighted by molar-refractivity contribution is 0.504. The lowest BCUT2D eigenvalue weighted by Gasteiger charge is -2.26. The molecule has 0 saturated carbocycles. The fourth-order valence-corrected chi connectivity index (χ4v) is 4.08. The van der Waals surface area contributed by atoms with E-state index in [1.807, 2.05) is 67.6 Å². The molecular formula is C21H23ClN2O2S. The maximum atomic E-state index is 12.9. The maximum absolute atomic E-state index is 12.9. The number of hydrogen-bond donors (Lipinski definition) is 2. The molecule has 0 radical (unpaired) electrons. The van der Waals surface area contributed by atoms with Crippen LogP contribution in [0.2, 0.25) is 0 Å². The Hall–Kier alpha value is -2.18. The zero-order chi connectivity index (χ0) is 18.6. The molecule has 142 valence electrons. The summed E-state index contributed by atoms with van der Waals surface area (Å²) in [6, 6.07) is 24.6. The second-order valence-electron chi connectivity index (χ2n) is 6.26. The SMILES string of the molecule is Cc1ccc(S(=O)(=O)N[C@H](c2ccccc2)[C@@H](N)c2ccccc2)cc1.Cl. The van der Waals surface area contributed by atoms with Gasteiger partial charge in [-0.3, -0.25) is 0 Å². The van der Waals surface area contributed by atoms with E-state index in [0.717, 1.165) is 16.7 Å². The van der Waals surface area contributed by atoms with Gasteiger partial charge in [-0.1, -0.05) is 78.4 Å². The lowest BCUT2D eigenvalue weighted by Crippen LogP contribution is -2.36. The Labute approximate surface area is 166 Å². The minimum atomic E-state index is -3.71. The van der Waals surface area contributed by atoms with Crippen LogP contribution in [0.15, 0.2) is 89.8 Å². The van der Waals surface area contributed by atoms with Crippen molar-refractivity contribution in [3.8, 4) is 0 Å². The highest BCUT2D eigenvalue weighted by Crippen LogP contribution is 2.28. The van der Waals surface area contributed by atoms with E-state index in [-0.39, 0.29) is 17.3 Å². The van der Waals surface area contributed by atoms with Gasteiger partial charge < -0.3 is 5.73 Å². The Bertz CT molecular complexity index is 946. The third kappa shape index (κ3) is 5.17. The molecule has 0 aromatic heterocycles. The Balaban J connectivity index is 0.00000261. The quantitative estimate of drug-likeness (QED) is 0.650. The standard InChI is InChI=1S/C21H22N2O2S.ClH/c1-16-12-14-19(15-13-16)26(24,25)23-21(18-10-6-3-7-11-18)20(22)17-8-4-2-5-9-17;/h2-15,20-21,23H,22H2,1H3;1H/t20-,21+;/m0./s1. The second kappa shape index (κ2) is 9.15. The van der Waals surface area contributed by atoms with Crippen molar-refractivity contribution in [3.05, 3.63) is 102 Å². The van der Waals surface area contributed by atoms with Gasteiger partial charge in [0.15, 0.2) is 0 Å². The number of sulfonamides is 1. The van der Waals surface area contributed by atoms with Crippen LogP contribution in [0.5, 0.6) is 0 Å². The van der Waals surface area contributed by atoms with Crippen LogP contribution in [-0.2, 0) is 10.0 Å². The fourth-order valence-electron chi connectivity index (χ4n) is 2.83. The minimum Gasteiger partial charge on any atom is -0.322 e. The molecule has 27 heavy (non-hydrogen) atoms. The molecule has 0 unspecified atom stereocenters. The van der Waals surface area contributed by atoms with E-state index in [1.54, 1.807) is 24.3 Å². The van der Waals surface area contributed by atoms with E-state index in [0.29, 0.717) is 0 Å². The first kappa shape index (κ1) is 21.1. The zero-order valence-electron chi connectivity index (χ0n) is 14.9. The first-order valence-electron chi connectivity index (χ1n) is 8.42. The highest BCUT2D eigenvalue weighted by Gasteiger charge is 2.27. The van der Waals surface area contributed by atoms with Crippen LogP contribution in [-0.4, -0.2) is 8.42 Å². The van der Waals surface area contributed by atoms with Crippen LogP contribution in [0, 0.1) is 6.92 Å². The van der Waals surface area contributed by atoms with Gasteiger partial charge in [-0.05, 0) is 30.2 Å². The molecule has 4 nitrogen and oxygen atoms in total. The van der Waals surface area contributed by atoms with Crippen molar-refractivity contribution in [2.45, 2.75) is 23.9 Å². The van der Waals surface area contributed by atoms with E-state index in [2.05, 4.69) is 4.72 Å². The molecule has 0 fully saturated rings. The van der Waals surface area contributed by atoms with E-state index in [1.165, 1.54) is 0 Å². The van der Waals surface area contributed by atoms with Crippen molar-refractivity contribution in [2.75, 3.05) is 0 Å². The van der Waals surface area contributed by atoms with Crippen LogP contribution >= 0.6 is 12.4 Å². The van der Waals surface area contributed by atoms with Gasteiger partial charge in [0.05, 0.1) is 17.0 Å². The molecule has 0 aliphatic carbocycles. The van der Waals surface area contributed by atoms with Gasteiger partial charge in [-0.2, -0.15) is 0 Å². The monoisotopic (exact) mass is 402 g/mol. The predicted octanol–water partition coefficient (Wildman–Crippen LogP) is 4.14. The van der Waals surface area contributed by atoms with Gasteiger partial charge in [-0.15, -0.1) is 12.4 Å². The number of rotatable bonds is 6. The number of hydrogen-bond acceptors (Lipinski definition) is 3. The Kier molecular flexibility index (Phi) is 7.16. The van der Waals surface area contributed by atoms with Crippen LogP contribution in [0.1, 0.15) is 28.8 Å². The smallest absolute Gasteiger partial charge is 0.241 e. The zero-order valence-corrected chi connectivity index (χ0v) is 16.6. The molecule has 0 bridgehead atoms. The average molecular weight is 403 g/mol. The van der Waals surface area contributed by atoms with Gasteiger partial charge in [0.1, 0.15) is 0 Å². The van der Waals surface area contributed by atoms with Crippen LogP contribution in [0.3, 0.4) is 0 Å². The van der Waals surface area contributed by atoms with E-state index >= 15 is 0 Å². The Morgan fingerprint density at radius 2 is 1.26 bits per heavy atom. The number of benzene rings is 3. The first-order chi connectivity index (χ1) is 12.5. The second-order valence-corrected chi connectivity index (χ2v) is 7.97. The topological polar surface area (TPSA) is 72.2 Å². The highest BCUT2D eigenvalue weighted by molar-refractivity contribution is 7.89. The summed E-state index contributed by atoms with van der Waals surface area (Å²) >= 11 is 0. The largest absolute Gasteiger partial charge is 0.322 e. The summed E-state index contributed by atoms with van der Waals surface area (Å²) in [5, 5.41) is 0. The first-order valence-corrected chi connectivity index (χ1v) is 9.90. The number of halogens is 1. The van der Waals surface area contributed by atoms with Gasteiger partial charge >= 0.3 is 0 Å². The predicted molar refractivity (Wildman–Crippen MR) is 111 cm³/mol. The normalized spacial score (nSPS) is 13.4. The van der Waals surface area contributed by atoms with Crippen molar-refractivity contribution < 1.29 is 8.42 Å². The molecular weight excluding hydrogens is 380 g/mol. The molecule has 3 aromatic carbocycles. The van der Waals surface area contributed by atoms with E-state index < -0.39 is 22.1 Å². The maximum Gasteiger partial charge on any atom is 0.241 e. The van der Waals surface area contributed by atoms with E-state index in [9.17, 15) is 8.42 Å². The number of nitrogens with two attached hydrogens (primary N) is 1. The third-order valence-corrected chi connectivity index (χ3v) is 5.77. The lowest BCUT2D eigenvalue weighted by atomic mass is 9.95. The van der Waals surface area contributed by atoms with Crippen LogP contribution in [0.25, 0.3) is 0 Å². The van der Waals surface area contributed by atoms with E-state index in [4.69, 9.17) is 5.73 Å². The van der Waals surface area contributed by atoms with Crippen molar-refractivity contribution in [1.82, 2.24) is 4.72 Å². The fraction of sp³-hybridized carbons (Fsp3) is 0.143. The van der Waals surface area contributed by atoms with Crippen LogP contribution in [0.4, 0.5) is 0 Å². The average Bonchev–Trinajstić information content (AvgIpc) is 2.67. The number of aryl methyl sites for hydroxylation is 1. The molecule has 3 N–H and O–H groups in total. The van der Waals surface area contributed by atoms with Gasteiger partial charge in [0, 0.05) is 0 Å². The molecule has 0 aliphatic heterocycles. The van der Waals surface area contributed by atoms with Gasteiger partial charge in [-0.25, -0.2) is 13.1 Å². The third-order valence-electron chi connectivity index (χ3n) is 4.32. The summed E-state index contributed by atoms with van der Waals surface area (Å²) in [4.78, 5) is 0.226. The molecule has 0 heterocycles. The molecule has 0 aliphatic rings. The number of nitrogens with one attached hydrogen (secondary N) is 1. The van der Waals surface area contributed by atoms with Crippen molar-refractivity contribution >= 4 is 22.4 Å². The summed E-state index contributed by atoms with van der Waals surface area (Å²) in [6.07, 6.45) is 0. The summed E-state index contributed by atoms with van der Waals surface area (Å²) in [6.45, 7) is 1.92. The summed E-state index contributed by atoms with van der Waals surface area (Å²) in [5.41, 5.74) is 9.15. The molecule has 2 atom stereocenters. The summed E-state index contributed by atoms with van der Waals surface area (Å²) in [5.74, 6) is 0. The van der Waals surface area contributed by atoms with Crippen molar-refractivity contribution in [3.63, 3.8) is 0 Å². The Morgan fingerprint density at radius 3 is 1.78 bits per heavy atom. The molecule has 6 heteroatoms. The minimum absolute atomic E-state index is 0.